The molecular formula is C27H34BrClN2O3Si. The second-order valence-corrected chi connectivity index (χ2v) is 17.3. The van der Waals surface area contributed by atoms with E-state index in [1.165, 1.54) is 0 Å². The van der Waals surface area contributed by atoms with Crippen LogP contribution in [-0.4, -0.2) is 38.8 Å². The van der Waals surface area contributed by atoms with E-state index in [0.29, 0.717) is 10.7 Å². The number of anilines is 1. The minimum atomic E-state index is -0.983. The minimum Gasteiger partial charge on any atom is -0.385 e. The number of amides is 2. The summed E-state index contributed by atoms with van der Waals surface area (Å²) in [7, 11) is 0.798. The van der Waals surface area contributed by atoms with Gasteiger partial charge in [-0.1, -0.05) is 77.5 Å². The fourth-order valence-electron chi connectivity index (χ4n) is 4.81. The van der Waals surface area contributed by atoms with E-state index in [2.05, 4.69) is 59.7 Å². The number of halogens is 2. The SMILES string of the molecule is C=C(C)[C@H]1NC(=O)C[C@@H](c2cccc(Cl)c2)[C@]12C(=O)Nc1cc(Br)ccc12.COC(C)[Si](C)(C)C. The average Bonchev–Trinajstić information content (AvgIpc) is 3.05. The lowest BCUT2D eigenvalue weighted by Crippen LogP contribution is -2.62. The molecule has 5 nitrogen and oxygen atoms in total. The highest BCUT2D eigenvalue weighted by molar-refractivity contribution is 9.10. The van der Waals surface area contributed by atoms with Gasteiger partial charge in [0.15, 0.2) is 0 Å². The Bertz CT molecular complexity index is 1150. The van der Waals surface area contributed by atoms with E-state index in [1.54, 1.807) is 13.2 Å². The van der Waals surface area contributed by atoms with Crippen molar-refractivity contribution in [3.05, 3.63) is 75.2 Å². The lowest BCUT2D eigenvalue weighted by molar-refractivity contribution is -0.130. The van der Waals surface area contributed by atoms with Crippen molar-refractivity contribution < 1.29 is 14.3 Å². The van der Waals surface area contributed by atoms with Crippen LogP contribution in [-0.2, 0) is 19.7 Å². The second-order valence-electron chi connectivity index (χ2n) is 10.4. The number of carbonyl (C=O) groups is 2. The molecule has 0 radical (unpaired) electrons. The molecule has 2 aliphatic heterocycles. The molecule has 0 saturated carbocycles. The predicted octanol–water partition coefficient (Wildman–Crippen LogP) is 6.44. The number of ether oxygens (including phenoxy) is 1. The van der Waals surface area contributed by atoms with Crippen LogP contribution in [0.4, 0.5) is 5.69 Å². The minimum absolute atomic E-state index is 0.100. The first-order chi connectivity index (χ1) is 16.3. The first-order valence-corrected chi connectivity index (χ1v) is 16.4. The van der Waals surface area contributed by atoms with Crippen molar-refractivity contribution >= 4 is 53.1 Å². The molecule has 1 unspecified atom stereocenters. The topological polar surface area (TPSA) is 67.4 Å². The van der Waals surface area contributed by atoms with Gasteiger partial charge in [-0.15, -0.1) is 0 Å². The third-order valence-electron chi connectivity index (χ3n) is 7.07. The molecule has 1 fully saturated rings. The van der Waals surface area contributed by atoms with Gasteiger partial charge < -0.3 is 15.4 Å². The largest absolute Gasteiger partial charge is 0.385 e. The molecule has 4 atom stereocenters. The summed E-state index contributed by atoms with van der Waals surface area (Å²) >= 11 is 9.69. The number of fused-ring (bicyclic) bond motifs is 2. The maximum absolute atomic E-state index is 13.5. The molecule has 0 aromatic heterocycles. The number of hydrogen-bond acceptors (Lipinski definition) is 3. The number of piperidine rings is 1. The number of nitrogens with one attached hydrogen (secondary N) is 2. The zero-order chi connectivity index (χ0) is 26.1. The Morgan fingerprint density at radius 1 is 1.23 bits per heavy atom. The summed E-state index contributed by atoms with van der Waals surface area (Å²) in [6, 6.07) is 12.7. The van der Waals surface area contributed by atoms with Crippen LogP contribution < -0.4 is 10.6 Å². The average molecular weight is 578 g/mol. The lowest BCUT2D eigenvalue weighted by atomic mass is 9.59. The molecule has 188 valence electrons. The van der Waals surface area contributed by atoms with Crippen LogP contribution in [0.2, 0.25) is 24.7 Å². The van der Waals surface area contributed by atoms with E-state index in [4.69, 9.17) is 16.3 Å². The summed E-state index contributed by atoms with van der Waals surface area (Å²) in [6.07, 6.45) is 0.201. The molecule has 4 rings (SSSR count). The highest BCUT2D eigenvalue weighted by atomic mass is 79.9. The molecule has 2 aliphatic rings. The van der Waals surface area contributed by atoms with Gasteiger partial charge in [0.1, 0.15) is 5.41 Å². The fraction of sp³-hybridized carbons (Fsp3) is 0.407. The van der Waals surface area contributed by atoms with Crippen molar-refractivity contribution in [3.8, 4) is 0 Å². The van der Waals surface area contributed by atoms with Crippen LogP contribution in [0.3, 0.4) is 0 Å². The van der Waals surface area contributed by atoms with Crippen LogP contribution in [0.25, 0.3) is 0 Å². The zero-order valence-corrected chi connectivity index (χ0v) is 24.5. The Labute approximate surface area is 222 Å². The Morgan fingerprint density at radius 2 is 1.91 bits per heavy atom. The van der Waals surface area contributed by atoms with Crippen molar-refractivity contribution in [1.82, 2.24) is 5.32 Å². The van der Waals surface area contributed by atoms with Crippen molar-refractivity contribution in [1.29, 1.82) is 0 Å². The van der Waals surface area contributed by atoms with Crippen LogP contribution in [0.5, 0.6) is 0 Å². The van der Waals surface area contributed by atoms with Crippen molar-refractivity contribution in [2.24, 2.45) is 0 Å². The van der Waals surface area contributed by atoms with Crippen molar-refractivity contribution in [2.45, 2.75) is 63.0 Å². The van der Waals surface area contributed by atoms with E-state index in [0.717, 1.165) is 26.9 Å². The highest BCUT2D eigenvalue weighted by Crippen LogP contribution is 2.54. The van der Waals surface area contributed by atoms with Gasteiger partial charge in [0.05, 0.1) is 14.1 Å². The Kier molecular flexibility index (Phi) is 8.36. The van der Waals surface area contributed by atoms with Crippen molar-refractivity contribution in [3.63, 3.8) is 0 Å². The molecule has 2 aromatic carbocycles. The van der Waals surface area contributed by atoms with Gasteiger partial charge in [0, 0.05) is 40.4 Å². The van der Waals surface area contributed by atoms with Gasteiger partial charge in [-0.3, -0.25) is 9.59 Å². The van der Waals surface area contributed by atoms with Gasteiger partial charge in [-0.05, 0) is 49.2 Å². The van der Waals surface area contributed by atoms with Gasteiger partial charge >= 0.3 is 0 Å². The van der Waals surface area contributed by atoms with E-state index >= 15 is 0 Å². The second kappa shape index (κ2) is 10.6. The summed E-state index contributed by atoms with van der Waals surface area (Å²) in [5, 5.41) is 6.60. The van der Waals surface area contributed by atoms with Crippen LogP contribution in [0, 0.1) is 0 Å². The van der Waals surface area contributed by atoms with Crippen LogP contribution >= 0.6 is 27.5 Å². The molecule has 2 N–H and O–H groups in total. The van der Waals surface area contributed by atoms with E-state index in [9.17, 15) is 9.59 Å². The summed E-state index contributed by atoms with van der Waals surface area (Å²) < 4.78 is 6.06. The van der Waals surface area contributed by atoms with Crippen LogP contribution in [0.1, 0.15) is 37.3 Å². The third-order valence-corrected chi connectivity index (χ3v) is 10.5. The standard InChI is InChI=1S/C21H18BrClN2O2.C6H16OSi/c1-11(2)19-21(15-7-6-13(22)9-17(15)24-20(21)27)16(10-18(26)25-19)12-4-3-5-14(23)8-12;1-6(7-2)8(3,4)5/h3-9,16,19H,1,10H2,2H3,(H,24,27)(H,25,26);6H,1-5H3/t16-,19+,21-;/m0./s1. The molecular weight excluding hydrogens is 544 g/mol. The third kappa shape index (κ3) is 5.43. The quantitative estimate of drug-likeness (QED) is 0.325. The summed E-state index contributed by atoms with van der Waals surface area (Å²) in [4.78, 5) is 26.0. The van der Waals surface area contributed by atoms with E-state index < -0.39 is 19.5 Å². The monoisotopic (exact) mass is 576 g/mol. The summed E-state index contributed by atoms with van der Waals surface area (Å²) in [6.45, 7) is 15.0. The zero-order valence-electron chi connectivity index (χ0n) is 21.2. The Morgan fingerprint density at radius 3 is 2.46 bits per heavy atom. The molecule has 0 bridgehead atoms. The molecule has 1 spiro atoms. The Balaban J connectivity index is 0.000000371. The van der Waals surface area contributed by atoms with Gasteiger partial charge in [-0.2, -0.15) is 0 Å². The number of benzene rings is 2. The normalized spacial score (nSPS) is 24.1. The van der Waals surface area contributed by atoms with Crippen LogP contribution in [0.15, 0.2) is 59.1 Å². The van der Waals surface area contributed by atoms with Gasteiger partial charge in [-0.25, -0.2) is 0 Å². The highest BCUT2D eigenvalue weighted by Gasteiger charge is 2.60. The molecule has 2 amide bonds. The van der Waals surface area contributed by atoms with Gasteiger partial charge in [0.25, 0.3) is 0 Å². The van der Waals surface area contributed by atoms with E-state index in [-0.39, 0.29) is 24.2 Å². The molecule has 8 heteroatoms. The molecule has 2 aromatic rings. The number of carbonyl (C=O) groups excluding carboxylic acids is 2. The lowest BCUT2D eigenvalue weighted by Gasteiger charge is -2.46. The molecule has 35 heavy (non-hydrogen) atoms. The molecule has 1 saturated heterocycles. The van der Waals surface area contributed by atoms with Crippen molar-refractivity contribution in [2.75, 3.05) is 12.4 Å². The number of rotatable bonds is 4. The predicted molar refractivity (Wildman–Crippen MR) is 150 cm³/mol. The number of methoxy groups -OCH3 is 1. The maximum atomic E-state index is 13.5. The summed E-state index contributed by atoms with van der Waals surface area (Å²) in [5.74, 6) is -0.584. The van der Waals surface area contributed by atoms with Gasteiger partial charge in [0.2, 0.25) is 11.8 Å². The number of hydrogen-bond donors (Lipinski definition) is 2. The first-order valence-electron chi connectivity index (χ1n) is 11.7. The summed E-state index contributed by atoms with van der Waals surface area (Å²) in [5.41, 5.74) is 2.75. The molecule has 0 aliphatic carbocycles. The molecule has 2 heterocycles. The smallest absolute Gasteiger partial charge is 0.238 e. The Hall–Kier alpha value is -1.93. The first kappa shape index (κ1) is 27.7. The fourth-order valence-corrected chi connectivity index (χ4v) is 6.08. The van der Waals surface area contributed by atoms with E-state index in [1.807, 2.05) is 43.3 Å². The maximum Gasteiger partial charge on any atom is 0.238 e.